The first-order chi connectivity index (χ1) is 8.20. The first kappa shape index (κ1) is 11.6. The molecule has 1 aromatic carbocycles. The molecular weight excluding hydrogens is 242 g/mol. The third kappa shape index (κ3) is 2.62. The molecule has 5 nitrogen and oxygen atoms in total. The molecule has 2 aromatic rings. The molecule has 0 amide bonds. The summed E-state index contributed by atoms with van der Waals surface area (Å²) in [6.07, 6.45) is 0. The lowest BCUT2D eigenvalue weighted by Crippen LogP contribution is -2.06. The van der Waals surface area contributed by atoms with Crippen molar-refractivity contribution in [1.29, 1.82) is 0 Å². The fourth-order valence-electron chi connectivity index (χ4n) is 1.31. The minimum Gasteiger partial charge on any atom is -0.460 e. The van der Waals surface area contributed by atoms with E-state index >= 15 is 0 Å². The predicted molar refractivity (Wildman–Crippen MR) is 62.8 cm³/mol. The molecular formula is C11H10ClN3O2. The largest absolute Gasteiger partial charge is 0.460 e. The molecule has 2 rings (SSSR count). The first-order valence-electron chi connectivity index (χ1n) is 5.06. The molecule has 6 heteroatoms. The van der Waals surface area contributed by atoms with Gasteiger partial charge in [-0.3, -0.25) is 5.10 Å². The zero-order valence-corrected chi connectivity index (χ0v) is 9.86. The van der Waals surface area contributed by atoms with Gasteiger partial charge < -0.3 is 4.74 Å². The van der Waals surface area contributed by atoms with E-state index in [0.717, 1.165) is 5.56 Å². The highest BCUT2D eigenvalue weighted by Gasteiger charge is 2.13. The van der Waals surface area contributed by atoms with E-state index in [1.165, 1.54) is 0 Å². The summed E-state index contributed by atoms with van der Waals surface area (Å²) in [6.45, 7) is 2.03. The van der Waals surface area contributed by atoms with E-state index in [1.807, 2.05) is 6.07 Å². The standard InChI is InChI=1S/C11H10ClN3O2/c1-2-17-11(16)10-13-9(14-15-10)7-4-3-5-8(12)6-7/h3-6H,2H2,1H3,(H,13,14,15). The van der Waals surface area contributed by atoms with Crippen LogP contribution >= 0.6 is 11.6 Å². The van der Waals surface area contributed by atoms with E-state index in [2.05, 4.69) is 15.2 Å². The van der Waals surface area contributed by atoms with Gasteiger partial charge in [0.15, 0.2) is 5.82 Å². The van der Waals surface area contributed by atoms with E-state index in [0.29, 0.717) is 17.5 Å². The van der Waals surface area contributed by atoms with Crippen molar-refractivity contribution in [1.82, 2.24) is 15.2 Å². The maximum absolute atomic E-state index is 11.4. The summed E-state index contributed by atoms with van der Waals surface area (Å²) < 4.78 is 4.80. The maximum Gasteiger partial charge on any atom is 0.375 e. The first-order valence-corrected chi connectivity index (χ1v) is 5.44. The van der Waals surface area contributed by atoms with E-state index in [4.69, 9.17) is 16.3 Å². The second-order valence-electron chi connectivity index (χ2n) is 3.24. The Hall–Kier alpha value is -1.88. The zero-order chi connectivity index (χ0) is 12.3. The lowest BCUT2D eigenvalue weighted by atomic mass is 10.2. The van der Waals surface area contributed by atoms with Crippen LogP contribution in [-0.4, -0.2) is 27.8 Å². The van der Waals surface area contributed by atoms with Crippen molar-refractivity contribution in [3.63, 3.8) is 0 Å². The van der Waals surface area contributed by atoms with Crippen molar-refractivity contribution in [3.05, 3.63) is 35.1 Å². The summed E-state index contributed by atoms with van der Waals surface area (Å²) >= 11 is 5.86. The van der Waals surface area contributed by atoms with Crippen LogP contribution in [0.1, 0.15) is 17.5 Å². The van der Waals surface area contributed by atoms with E-state index in [-0.39, 0.29) is 5.82 Å². The molecule has 0 unspecified atom stereocenters. The Bertz CT molecular complexity index is 539. The second kappa shape index (κ2) is 4.97. The fraction of sp³-hybridized carbons (Fsp3) is 0.182. The predicted octanol–water partition coefficient (Wildman–Crippen LogP) is 2.30. The number of carbonyl (C=O) groups is 1. The number of hydrogen-bond donors (Lipinski definition) is 1. The summed E-state index contributed by atoms with van der Waals surface area (Å²) in [6, 6.07) is 7.08. The molecule has 17 heavy (non-hydrogen) atoms. The quantitative estimate of drug-likeness (QED) is 0.850. The van der Waals surface area contributed by atoms with Gasteiger partial charge in [0.1, 0.15) is 0 Å². The van der Waals surface area contributed by atoms with Crippen LogP contribution in [0.2, 0.25) is 5.02 Å². The molecule has 0 fully saturated rings. The number of carbonyl (C=O) groups excluding carboxylic acids is 1. The van der Waals surface area contributed by atoms with Crippen molar-refractivity contribution in [2.45, 2.75) is 6.92 Å². The Kier molecular flexibility index (Phi) is 3.39. The second-order valence-corrected chi connectivity index (χ2v) is 3.67. The molecule has 1 heterocycles. The van der Waals surface area contributed by atoms with Crippen molar-refractivity contribution in [2.75, 3.05) is 6.61 Å². The number of benzene rings is 1. The number of ether oxygens (including phenoxy) is 1. The summed E-state index contributed by atoms with van der Waals surface area (Å²) in [5.41, 5.74) is 0.740. The van der Waals surface area contributed by atoms with Gasteiger partial charge in [-0.25, -0.2) is 9.78 Å². The molecule has 0 atom stereocenters. The van der Waals surface area contributed by atoms with Gasteiger partial charge in [0.25, 0.3) is 0 Å². The third-order valence-corrected chi connectivity index (χ3v) is 2.27. The number of H-pyrrole nitrogens is 1. The van der Waals surface area contributed by atoms with E-state index in [1.54, 1.807) is 25.1 Å². The lowest BCUT2D eigenvalue weighted by Gasteiger charge is -1.96. The average molecular weight is 252 g/mol. The minimum absolute atomic E-state index is 0.0850. The van der Waals surface area contributed by atoms with Gasteiger partial charge in [0.2, 0.25) is 5.82 Å². The van der Waals surface area contributed by atoms with Crippen LogP contribution in [0.15, 0.2) is 24.3 Å². The number of hydrogen-bond acceptors (Lipinski definition) is 4. The average Bonchev–Trinajstić information content (AvgIpc) is 2.78. The number of halogens is 1. The summed E-state index contributed by atoms with van der Waals surface area (Å²) in [5, 5.41) is 7.05. The Balaban J connectivity index is 2.27. The Morgan fingerprint density at radius 3 is 3.06 bits per heavy atom. The van der Waals surface area contributed by atoms with Gasteiger partial charge >= 0.3 is 5.97 Å². The molecule has 0 radical (unpaired) electrons. The van der Waals surface area contributed by atoms with Gasteiger partial charge in [-0.1, -0.05) is 23.7 Å². The fourth-order valence-corrected chi connectivity index (χ4v) is 1.50. The van der Waals surface area contributed by atoms with Crippen LogP contribution in [0.4, 0.5) is 0 Å². The van der Waals surface area contributed by atoms with Gasteiger partial charge in [-0.15, -0.1) is 0 Å². The molecule has 0 spiro atoms. The summed E-state index contributed by atoms with van der Waals surface area (Å²) in [5.74, 6) is -0.0225. The van der Waals surface area contributed by atoms with Crippen molar-refractivity contribution in [2.24, 2.45) is 0 Å². The van der Waals surface area contributed by atoms with Crippen molar-refractivity contribution < 1.29 is 9.53 Å². The number of aromatic amines is 1. The number of esters is 1. The Morgan fingerprint density at radius 2 is 2.35 bits per heavy atom. The lowest BCUT2D eigenvalue weighted by molar-refractivity contribution is 0.0512. The van der Waals surface area contributed by atoms with Gasteiger partial charge in [0, 0.05) is 10.6 Å². The van der Waals surface area contributed by atoms with E-state index < -0.39 is 5.97 Å². The molecule has 1 aromatic heterocycles. The molecule has 0 aliphatic rings. The van der Waals surface area contributed by atoms with Gasteiger partial charge in [0.05, 0.1) is 6.61 Å². The SMILES string of the molecule is CCOC(=O)c1nc(-c2cccc(Cl)c2)n[nH]1. The highest BCUT2D eigenvalue weighted by Crippen LogP contribution is 2.19. The Morgan fingerprint density at radius 1 is 1.53 bits per heavy atom. The Labute approximate surface area is 103 Å². The van der Waals surface area contributed by atoms with Crippen molar-refractivity contribution >= 4 is 17.6 Å². The number of aromatic nitrogens is 3. The summed E-state index contributed by atoms with van der Waals surface area (Å²) in [7, 11) is 0. The molecule has 88 valence electrons. The van der Waals surface area contributed by atoms with Gasteiger partial charge in [-0.05, 0) is 19.1 Å². The van der Waals surface area contributed by atoms with Crippen molar-refractivity contribution in [3.8, 4) is 11.4 Å². The van der Waals surface area contributed by atoms with Gasteiger partial charge in [-0.2, -0.15) is 5.10 Å². The van der Waals surface area contributed by atoms with Crippen LogP contribution in [0, 0.1) is 0 Å². The number of rotatable bonds is 3. The normalized spacial score (nSPS) is 10.2. The molecule has 0 bridgehead atoms. The van der Waals surface area contributed by atoms with E-state index in [9.17, 15) is 4.79 Å². The van der Waals surface area contributed by atoms with Crippen LogP contribution in [0.3, 0.4) is 0 Å². The molecule has 0 aliphatic carbocycles. The smallest absolute Gasteiger partial charge is 0.375 e. The molecule has 1 N–H and O–H groups in total. The molecule has 0 saturated heterocycles. The minimum atomic E-state index is -0.520. The number of nitrogens with one attached hydrogen (secondary N) is 1. The maximum atomic E-state index is 11.4. The van der Waals surface area contributed by atoms with Crippen LogP contribution in [0.25, 0.3) is 11.4 Å². The van der Waals surface area contributed by atoms with Crippen LogP contribution in [0.5, 0.6) is 0 Å². The summed E-state index contributed by atoms with van der Waals surface area (Å²) in [4.78, 5) is 15.4. The monoisotopic (exact) mass is 251 g/mol. The molecule has 0 saturated carbocycles. The van der Waals surface area contributed by atoms with Crippen LogP contribution < -0.4 is 0 Å². The number of nitrogens with zero attached hydrogens (tertiary/aromatic N) is 2. The topological polar surface area (TPSA) is 67.9 Å². The third-order valence-electron chi connectivity index (χ3n) is 2.04. The molecule has 0 aliphatic heterocycles. The highest BCUT2D eigenvalue weighted by molar-refractivity contribution is 6.30. The van der Waals surface area contributed by atoms with Crippen LogP contribution in [-0.2, 0) is 4.74 Å². The highest BCUT2D eigenvalue weighted by atomic mass is 35.5. The zero-order valence-electron chi connectivity index (χ0n) is 9.11.